The summed E-state index contributed by atoms with van der Waals surface area (Å²) in [6.45, 7) is 6.13. The fraction of sp³-hybridized carbons (Fsp3) is 0.769. The van der Waals surface area contributed by atoms with Gasteiger partial charge in [-0.05, 0) is 32.1 Å². The molecule has 1 rings (SSSR count). The molecule has 1 saturated heterocycles. The zero-order valence-corrected chi connectivity index (χ0v) is 11.3. The summed E-state index contributed by atoms with van der Waals surface area (Å²) < 4.78 is 0. The van der Waals surface area contributed by atoms with Gasteiger partial charge in [-0.25, -0.2) is 0 Å². The maximum Gasteiger partial charge on any atom is 0.243 e. The second-order valence-corrected chi connectivity index (χ2v) is 5.30. The Morgan fingerprint density at radius 1 is 1.44 bits per heavy atom. The molecule has 2 amide bonds. The van der Waals surface area contributed by atoms with Crippen LogP contribution >= 0.6 is 0 Å². The molecule has 1 aliphatic rings. The molecule has 1 N–H and O–H groups in total. The summed E-state index contributed by atoms with van der Waals surface area (Å²) in [5, 5.41) is 2.76. The molecule has 102 valence electrons. The lowest BCUT2D eigenvalue weighted by Crippen LogP contribution is -2.49. The van der Waals surface area contributed by atoms with E-state index in [1.807, 2.05) is 13.8 Å². The first-order chi connectivity index (χ1) is 8.45. The first-order valence-electron chi connectivity index (χ1n) is 6.47. The fourth-order valence-corrected chi connectivity index (χ4v) is 2.26. The van der Waals surface area contributed by atoms with Gasteiger partial charge in [-0.15, -0.1) is 0 Å². The highest BCUT2D eigenvalue weighted by atomic mass is 16.2. The number of amides is 2. The number of nitrogens with zero attached hydrogens (tertiary/aromatic N) is 1. The zero-order valence-electron chi connectivity index (χ0n) is 11.3. The Morgan fingerprint density at radius 2 is 2.11 bits per heavy atom. The highest BCUT2D eigenvalue weighted by molar-refractivity contribution is 5.90. The van der Waals surface area contributed by atoms with E-state index < -0.39 is 12.1 Å². The van der Waals surface area contributed by atoms with E-state index in [1.54, 1.807) is 0 Å². The first-order valence-corrected chi connectivity index (χ1v) is 6.47. The summed E-state index contributed by atoms with van der Waals surface area (Å²) in [5.41, 5.74) is 0. The van der Waals surface area contributed by atoms with Gasteiger partial charge in [-0.1, -0.05) is 13.8 Å². The van der Waals surface area contributed by atoms with Gasteiger partial charge < -0.3 is 10.2 Å². The van der Waals surface area contributed by atoms with E-state index in [1.165, 1.54) is 11.8 Å². The van der Waals surface area contributed by atoms with Crippen LogP contribution in [0.5, 0.6) is 0 Å². The second kappa shape index (κ2) is 6.52. The average molecular weight is 254 g/mol. The van der Waals surface area contributed by atoms with Crippen molar-refractivity contribution in [2.24, 2.45) is 5.92 Å². The fourth-order valence-electron chi connectivity index (χ4n) is 2.26. The van der Waals surface area contributed by atoms with Crippen LogP contribution in [-0.2, 0) is 14.4 Å². The molecule has 18 heavy (non-hydrogen) atoms. The third-order valence-corrected chi connectivity index (χ3v) is 3.25. The number of Topliss-reactive ketones (excluding diaryl/α,β-unsaturated/α-hetero) is 1. The van der Waals surface area contributed by atoms with Crippen LogP contribution in [0.3, 0.4) is 0 Å². The Morgan fingerprint density at radius 3 is 2.61 bits per heavy atom. The monoisotopic (exact) mass is 254 g/mol. The molecule has 1 heterocycles. The van der Waals surface area contributed by atoms with Crippen LogP contribution in [-0.4, -0.2) is 41.6 Å². The minimum atomic E-state index is -0.438. The van der Waals surface area contributed by atoms with Gasteiger partial charge >= 0.3 is 0 Å². The Bertz CT molecular complexity index is 328. The molecule has 1 fully saturated rings. The summed E-state index contributed by atoms with van der Waals surface area (Å²) in [6, 6.07) is -0.844. The molecule has 0 aromatic heterocycles. The van der Waals surface area contributed by atoms with E-state index in [0.717, 1.165) is 6.42 Å². The molecule has 2 unspecified atom stereocenters. The number of carbonyl (C=O) groups is 3. The van der Waals surface area contributed by atoms with Crippen molar-refractivity contribution in [3.63, 3.8) is 0 Å². The van der Waals surface area contributed by atoms with Crippen molar-refractivity contribution in [2.75, 3.05) is 6.54 Å². The minimum absolute atomic E-state index is 0.0345. The zero-order chi connectivity index (χ0) is 13.7. The highest BCUT2D eigenvalue weighted by Gasteiger charge is 2.31. The van der Waals surface area contributed by atoms with Crippen LogP contribution in [0, 0.1) is 5.92 Å². The number of ketones is 1. The molecule has 0 aromatic carbocycles. The lowest BCUT2D eigenvalue weighted by atomic mass is 10.0. The lowest BCUT2D eigenvalue weighted by Gasteiger charge is -2.23. The van der Waals surface area contributed by atoms with Crippen molar-refractivity contribution < 1.29 is 14.4 Å². The minimum Gasteiger partial charge on any atom is -0.345 e. The Hall–Kier alpha value is -1.39. The normalized spacial score (nSPS) is 20.9. The predicted octanol–water partition coefficient (Wildman–Crippen LogP) is 0.727. The molecule has 2 atom stereocenters. The summed E-state index contributed by atoms with van der Waals surface area (Å²) >= 11 is 0. The first kappa shape index (κ1) is 14.7. The molecule has 0 saturated carbocycles. The number of rotatable bonds is 6. The maximum absolute atomic E-state index is 12.0. The predicted molar refractivity (Wildman–Crippen MR) is 67.9 cm³/mol. The van der Waals surface area contributed by atoms with Gasteiger partial charge in [0.1, 0.15) is 6.04 Å². The van der Waals surface area contributed by atoms with E-state index in [2.05, 4.69) is 5.32 Å². The molecular formula is C13H22N2O3. The van der Waals surface area contributed by atoms with Crippen LogP contribution in [0.1, 0.15) is 40.0 Å². The molecule has 0 radical (unpaired) electrons. The van der Waals surface area contributed by atoms with E-state index in [-0.39, 0.29) is 11.7 Å². The van der Waals surface area contributed by atoms with Crippen LogP contribution in [0.25, 0.3) is 0 Å². The van der Waals surface area contributed by atoms with Crippen LogP contribution in [0.4, 0.5) is 0 Å². The van der Waals surface area contributed by atoms with E-state index in [4.69, 9.17) is 0 Å². The van der Waals surface area contributed by atoms with Crippen LogP contribution in [0.15, 0.2) is 0 Å². The molecule has 0 spiro atoms. The van der Waals surface area contributed by atoms with Gasteiger partial charge in [0, 0.05) is 6.54 Å². The Labute approximate surface area is 108 Å². The van der Waals surface area contributed by atoms with Crippen LogP contribution in [0.2, 0.25) is 0 Å². The second-order valence-electron chi connectivity index (χ2n) is 5.30. The summed E-state index contributed by atoms with van der Waals surface area (Å²) in [4.78, 5) is 35.8. The van der Waals surface area contributed by atoms with Gasteiger partial charge in [-0.2, -0.15) is 0 Å². The van der Waals surface area contributed by atoms with Gasteiger partial charge in [0.2, 0.25) is 12.3 Å². The van der Waals surface area contributed by atoms with E-state index in [0.29, 0.717) is 31.7 Å². The summed E-state index contributed by atoms with van der Waals surface area (Å²) in [6.07, 6.45) is 2.86. The largest absolute Gasteiger partial charge is 0.345 e. The number of carbonyl (C=O) groups excluding carboxylic acids is 3. The molecule has 0 aromatic rings. The third-order valence-electron chi connectivity index (χ3n) is 3.25. The number of nitrogens with one attached hydrogen (secondary N) is 1. The molecule has 5 nitrogen and oxygen atoms in total. The summed E-state index contributed by atoms with van der Waals surface area (Å²) in [7, 11) is 0. The molecule has 5 heteroatoms. The lowest BCUT2D eigenvalue weighted by molar-refractivity contribution is -0.133. The van der Waals surface area contributed by atoms with Crippen molar-refractivity contribution in [1.29, 1.82) is 0 Å². The van der Waals surface area contributed by atoms with Crippen LogP contribution < -0.4 is 5.32 Å². The van der Waals surface area contributed by atoms with Crippen molar-refractivity contribution in [3.05, 3.63) is 0 Å². The van der Waals surface area contributed by atoms with Gasteiger partial charge in [0.15, 0.2) is 5.78 Å². The molecular weight excluding hydrogens is 232 g/mol. The Balaban J connectivity index is 2.60. The smallest absolute Gasteiger partial charge is 0.243 e. The van der Waals surface area contributed by atoms with E-state index >= 15 is 0 Å². The van der Waals surface area contributed by atoms with E-state index in [9.17, 15) is 14.4 Å². The maximum atomic E-state index is 12.0. The SMILES string of the molecule is CC(=O)C(CC(C)C)NC(=O)C1CCCN1C=O. The topological polar surface area (TPSA) is 66.5 Å². The summed E-state index contributed by atoms with van der Waals surface area (Å²) in [5.74, 6) is 0.0955. The van der Waals surface area contributed by atoms with Gasteiger partial charge in [-0.3, -0.25) is 14.4 Å². The van der Waals surface area contributed by atoms with Gasteiger partial charge in [0.25, 0.3) is 0 Å². The van der Waals surface area contributed by atoms with Crippen molar-refractivity contribution in [2.45, 2.75) is 52.1 Å². The average Bonchev–Trinajstić information content (AvgIpc) is 2.75. The van der Waals surface area contributed by atoms with Gasteiger partial charge in [0.05, 0.1) is 6.04 Å². The highest BCUT2D eigenvalue weighted by Crippen LogP contribution is 2.16. The standard InChI is InChI=1S/C13H22N2O3/c1-9(2)7-11(10(3)17)14-13(18)12-5-4-6-15(12)8-16/h8-9,11-12H,4-7H2,1-3H3,(H,14,18). The third kappa shape index (κ3) is 3.82. The molecule has 1 aliphatic heterocycles. The number of hydrogen-bond donors (Lipinski definition) is 1. The molecule has 0 bridgehead atoms. The van der Waals surface area contributed by atoms with Crippen molar-refractivity contribution in [3.8, 4) is 0 Å². The Kier molecular flexibility index (Phi) is 5.31. The quantitative estimate of drug-likeness (QED) is 0.710. The number of likely N-dealkylation sites (tertiary alicyclic amines) is 1. The van der Waals surface area contributed by atoms with Crippen molar-refractivity contribution >= 4 is 18.1 Å². The van der Waals surface area contributed by atoms with Crippen molar-refractivity contribution in [1.82, 2.24) is 10.2 Å². The molecule has 0 aliphatic carbocycles. The number of hydrogen-bond acceptors (Lipinski definition) is 3.